The number of thioether (sulfide) groups is 1. The van der Waals surface area contributed by atoms with Gasteiger partial charge < -0.3 is 16.4 Å². The van der Waals surface area contributed by atoms with Crippen LogP contribution < -0.4 is 16.4 Å². The van der Waals surface area contributed by atoms with E-state index in [1.54, 1.807) is 12.1 Å². The lowest BCUT2D eigenvalue weighted by atomic mass is 10.1. The number of carbonyl (C=O) groups is 1. The van der Waals surface area contributed by atoms with E-state index in [1.165, 1.54) is 18.6 Å². The zero-order valence-corrected chi connectivity index (χ0v) is 12.1. The van der Waals surface area contributed by atoms with Crippen LogP contribution in [0.1, 0.15) is 30.1 Å². The second kappa shape index (κ2) is 6.70. The Morgan fingerprint density at radius 3 is 3.05 bits per heavy atom. The molecule has 1 aromatic rings. The first-order valence-electron chi connectivity index (χ1n) is 6.74. The Bertz CT molecular complexity index is 444. The van der Waals surface area contributed by atoms with Gasteiger partial charge in [-0.05, 0) is 43.7 Å². The fourth-order valence-electron chi connectivity index (χ4n) is 2.19. The number of hydrogen-bond donors (Lipinski definition) is 3. The highest BCUT2D eigenvalue weighted by atomic mass is 32.2. The molecule has 2 rings (SSSR count). The number of carbonyl (C=O) groups excluding carboxylic acids is 1. The minimum Gasteiger partial charge on any atom is -0.399 e. The Hall–Kier alpha value is -1.36. The van der Waals surface area contributed by atoms with E-state index in [9.17, 15) is 4.79 Å². The fourth-order valence-corrected chi connectivity index (χ4v) is 3.39. The van der Waals surface area contributed by atoms with Crippen molar-refractivity contribution in [3.8, 4) is 0 Å². The van der Waals surface area contributed by atoms with E-state index in [0.29, 0.717) is 23.0 Å². The molecular weight excluding hydrogens is 258 g/mol. The quantitative estimate of drug-likeness (QED) is 0.724. The number of rotatable bonds is 5. The van der Waals surface area contributed by atoms with Crippen LogP contribution in [0.2, 0.25) is 0 Å². The van der Waals surface area contributed by atoms with Crippen LogP contribution in [0.15, 0.2) is 18.2 Å². The summed E-state index contributed by atoms with van der Waals surface area (Å²) in [5, 5.41) is 6.84. The van der Waals surface area contributed by atoms with Gasteiger partial charge in [0.2, 0.25) is 0 Å². The molecule has 1 amide bonds. The molecule has 5 heteroatoms. The van der Waals surface area contributed by atoms with Gasteiger partial charge in [-0.1, -0.05) is 0 Å². The van der Waals surface area contributed by atoms with Gasteiger partial charge in [-0.25, -0.2) is 0 Å². The van der Waals surface area contributed by atoms with Crippen LogP contribution in [0.3, 0.4) is 0 Å². The van der Waals surface area contributed by atoms with Crippen LogP contribution in [-0.2, 0) is 0 Å². The van der Waals surface area contributed by atoms with Gasteiger partial charge in [0.05, 0.1) is 5.56 Å². The third-order valence-electron chi connectivity index (χ3n) is 3.17. The number of nitrogens with two attached hydrogens (primary N) is 1. The Morgan fingerprint density at radius 1 is 1.53 bits per heavy atom. The van der Waals surface area contributed by atoms with Gasteiger partial charge in [-0.3, -0.25) is 4.79 Å². The smallest absolute Gasteiger partial charge is 0.253 e. The molecule has 0 saturated carbocycles. The number of nitrogen functional groups attached to an aromatic ring is 1. The maximum absolute atomic E-state index is 12.0. The average molecular weight is 279 g/mol. The predicted octanol–water partition coefficient (Wildman–Crippen LogP) is 2.33. The van der Waals surface area contributed by atoms with Crippen molar-refractivity contribution in [3.05, 3.63) is 23.8 Å². The molecule has 0 aliphatic carbocycles. The molecule has 1 fully saturated rings. The standard InChI is InChI=1S/C14H21N3OS/c1-2-16-14(18)12-6-5-10(15)8-13(12)17-9-11-4-3-7-19-11/h5-6,8,11,17H,2-4,7,9,15H2,1H3,(H,16,18). The molecule has 0 radical (unpaired) electrons. The summed E-state index contributed by atoms with van der Waals surface area (Å²) in [6, 6.07) is 5.38. The lowest BCUT2D eigenvalue weighted by molar-refractivity contribution is 0.0956. The molecule has 19 heavy (non-hydrogen) atoms. The first-order chi connectivity index (χ1) is 9.20. The number of amides is 1. The van der Waals surface area contributed by atoms with Crippen molar-refractivity contribution in [2.45, 2.75) is 25.0 Å². The predicted molar refractivity (Wildman–Crippen MR) is 82.8 cm³/mol. The largest absolute Gasteiger partial charge is 0.399 e. The van der Waals surface area contributed by atoms with E-state index in [4.69, 9.17) is 5.73 Å². The van der Waals surface area contributed by atoms with Gasteiger partial charge >= 0.3 is 0 Å². The second-order valence-electron chi connectivity index (χ2n) is 4.68. The van der Waals surface area contributed by atoms with Gasteiger partial charge in [0, 0.05) is 29.7 Å². The highest BCUT2D eigenvalue weighted by molar-refractivity contribution is 8.00. The summed E-state index contributed by atoms with van der Waals surface area (Å²) in [5.41, 5.74) is 7.98. The first kappa shape index (κ1) is 14.1. The number of hydrogen-bond acceptors (Lipinski definition) is 4. The van der Waals surface area contributed by atoms with Crippen LogP contribution in [0.4, 0.5) is 11.4 Å². The summed E-state index contributed by atoms with van der Waals surface area (Å²) in [6.07, 6.45) is 2.54. The molecule has 0 aromatic heterocycles. The molecule has 4 nitrogen and oxygen atoms in total. The van der Waals surface area contributed by atoms with E-state index in [1.807, 2.05) is 24.8 Å². The minimum atomic E-state index is -0.0518. The van der Waals surface area contributed by atoms with Gasteiger partial charge in [-0.2, -0.15) is 11.8 Å². The normalized spacial score (nSPS) is 18.3. The van der Waals surface area contributed by atoms with E-state index >= 15 is 0 Å². The molecule has 1 heterocycles. The number of benzene rings is 1. The molecule has 4 N–H and O–H groups in total. The SMILES string of the molecule is CCNC(=O)c1ccc(N)cc1NCC1CCCS1. The van der Waals surface area contributed by atoms with Crippen LogP contribution in [0, 0.1) is 0 Å². The topological polar surface area (TPSA) is 67.2 Å². The lowest BCUT2D eigenvalue weighted by Crippen LogP contribution is -2.24. The van der Waals surface area contributed by atoms with Crippen LogP contribution in [-0.4, -0.2) is 30.0 Å². The summed E-state index contributed by atoms with van der Waals surface area (Å²) in [4.78, 5) is 12.0. The third-order valence-corrected chi connectivity index (χ3v) is 4.57. The van der Waals surface area contributed by atoms with E-state index in [-0.39, 0.29) is 5.91 Å². The maximum Gasteiger partial charge on any atom is 0.253 e. The highest BCUT2D eigenvalue weighted by Gasteiger charge is 2.17. The van der Waals surface area contributed by atoms with Crippen LogP contribution >= 0.6 is 11.8 Å². The Morgan fingerprint density at radius 2 is 2.37 bits per heavy atom. The molecule has 1 saturated heterocycles. The van der Waals surface area contributed by atoms with E-state index in [2.05, 4.69) is 10.6 Å². The van der Waals surface area contributed by atoms with Gasteiger partial charge in [0.1, 0.15) is 0 Å². The summed E-state index contributed by atoms with van der Waals surface area (Å²) in [6.45, 7) is 3.43. The molecule has 0 bridgehead atoms. The molecule has 104 valence electrons. The number of anilines is 2. The molecule has 1 aliphatic rings. The zero-order chi connectivity index (χ0) is 13.7. The summed E-state index contributed by atoms with van der Waals surface area (Å²) >= 11 is 2.00. The molecule has 1 aliphatic heterocycles. The summed E-state index contributed by atoms with van der Waals surface area (Å²) in [7, 11) is 0. The molecule has 1 atom stereocenters. The van der Waals surface area contributed by atoms with Crippen LogP contribution in [0.25, 0.3) is 0 Å². The molecular formula is C14H21N3OS. The van der Waals surface area contributed by atoms with Crippen molar-refractivity contribution in [2.24, 2.45) is 0 Å². The summed E-state index contributed by atoms with van der Waals surface area (Å²) in [5.74, 6) is 1.19. The van der Waals surface area contributed by atoms with Crippen molar-refractivity contribution in [1.82, 2.24) is 5.32 Å². The molecule has 0 spiro atoms. The molecule has 1 unspecified atom stereocenters. The Kier molecular flexibility index (Phi) is 4.96. The number of nitrogens with one attached hydrogen (secondary N) is 2. The minimum absolute atomic E-state index is 0.0518. The first-order valence-corrected chi connectivity index (χ1v) is 7.78. The average Bonchev–Trinajstić information content (AvgIpc) is 2.89. The van der Waals surface area contributed by atoms with Gasteiger partial charge in [0.15, 0.2) is 0 Å². The Balaban J connectivity index is 2.07. The second-order valence-corrected chi connectivity index (χ2v) is 6.09. The maximum atomic E-state index is 12.0. The van der Waals surface area contributed by atoms with Crippen molar-refractivity contribution in [2.75, 3.05) is 29.9 Å². The fraction of sp³-hybridized carbons (Fsp3) is 0.500. The van der Waals surface area contributed by atoms with E-state index < -0.39 is 0 Å². The van der Waals surface area contributed by atoms with Crippen molar-refractivity contribution in [3.63, 3.8) is 0 Å². The van der Waals surface area contributed by atoms with E-state index in [0.717, 1.165) is 12.2 Å². The summed E-state index contributed by atoms with van der Waals surface area (Å²) < 4.78 is 0. The van der Waals surface area contributed by atoms with Gasteiger partial charge in [-0.15, -0.1) is 0 Å². The van der Waals surface area contributed by atoms with Crippen molar-refractivity contribution >= 4 is 29.0 Å². The van der Waals surface area contributed by atoms with Gasteiger partial charge in [0.25, 0.3) is 5.91 Å². The molecule has 1 aromatic carbocycles. The van der Waals surface area contributed by atoms with Crippen LogP contribution in [0.5, 0.6) is 0 Å². The lowest BCUT2D eigenvalue weighted by Gasteiger charge is -2.15. The zero-order valence-electron chi connectivity index (χ0n) is 11.2. The van der Waals surface area contributed by atoms with Crippen molar-refractivity contribution in [1.29, 1.82) is 0 Å². The monoisotopic (exact) mass is 279 g/mol. The van der Waals surface area contributed by atoms with Crippen molar-refractivity contribution < 1.29 is 4.79 Å². The highest BCUT2D eigenvalue weighted by Crippen LogP contribution is 2.27. The Labute approximate surface area is 118 Å². The third kappa shape index (κ3) is 3.80.